The lowest BCUT2D eigenvalue weighted by Gasteiger charge is -2.14. The molecule has 0 aliphatic rings. The Balaban J connectivity index is 2.18. The van der Waals surface area contributed by atoms with Crippen molar-refractivity contribution in [2.24, 2.45) is 0 Å². The third kappa shape index (κ3) is 3.05. The highest BCUT2D eigenvalue weighted by Gasteiger charge is 2.18. The van der Waals surface area contributed by atoms with Crippen LogP contribution >= 0.6 is 0 Å². The first kappa shape index (κ1) is 13.4. The van der Waals surface area contributed by atoms with Crippen LogP contribution in [-0.4, -0.2) is 13.8 Å². The maximum Gasteiger partial charge on any atom is 0.309 e. The molecule has 0 amide bonds. The van der Waals surface area contributed by atoms with Gasteiger partial charge in [0.05, 0.1) is 7.85 Å². The monoisotopic (exact) mass is 250 g/mol. The highest BCUT2D eigenvalue weighted by atomic mass is 16.5. The minimum Gasteiger partial charge on any atom is -0.426 e. The van der Waals surface area contributed by atoms with Crippen LogP contribution in [-0.2, 0) is 4.79 Å². The fourth-order valence-electron chi connectivity index (χ4n) is 1.92. The minimum absolute atomic E-state index is 0.441. The number of carbonyl (C=O) groups excluding carboxylic acids is 1. The highest BCUT2D eigenvalue weighted by molar-refractivity contribution is 6.23. The van der Waals surface area contributed by atoms with Gasteiger partial charge in [0, 0.05) is 5.82 Å². The van der Waals surface area contributed by atoms with Crippen LogP contribution < -0.4 is 4.74 Å². The van der Waals surface area contributed by atoms with E-state index in [0.29, 0.717) is 5.75 Å². The molecule has 2 aromatic rings. The van der Waals surface area contributed by atoms with Gasteiger partial charge in [-0.2, -0.15) is 0 Å². The standard InChI is InChI=1S/C16H15BO2/c1-11-7-6-8-12(2)15(11)19-16(18)14(17)13-9-4-3-5-10-13/h3-10,14H,1-2H3. The quantitative estimate of drug-likeness (QED) is 0.475. The number of carbonyl (C=O) groups is 1. The van der Waals surface area contributed by atoms with Gasteiger partial charge in [0.1, 0.15) is 5.75 Å². The third-order valence-electron chi connectivity index (χ3n) is 3.02. The number of hydrogen-bond donors (Lipinski definition) is 0. The van der Waals surface area contributed by atoms with E-state index in [1.165, 1.54) is 0 Å². The van der Waals surface area contributed by atoms with Crippen molar-refractivity contribution in [1.29, 1.82) is 0 Å². The molecule has 3 heteroatoms. The van der Waals surface area contributed by atoms with Gasteiger partial charge in [-0.3, -0.25) is 4.79 Å². The van der Waals surface area contributed by atoms with Gasteiger partial charge in [0.25, 0.3) is 0 Å². The van der Waals surface area contributed by atoms with Crippen LogP contribution in [0.3, 0.4) is 0 Å². The Morgan fingerprint density at radius 3 is 2.16 bits per heavy atom. The summed E-state index contributed by atoms with van der Waals surface area (Å²) in [5.74, 6) is -0.609. The average molecular weight is 250 g/mol. The molecule has 0 heterocycles. The first-order chi connectivity index (χ1) is 9.09. The molecule has 2 radical (unpaired) electrons. The first-order valence-corrected chi connectivity index (χ1v) is 6.18. The largest absolute Gasteiger partial charge is 0.426 e. The predicted octanol–water partition coefficient (Wildman–Crippen LogP) is 3.12. The van der Waals surface area contributed by atoms with E-state index in [1.807, 2.05) is 62.4 Å². The van der Waals surface area contributed by atoms with E-state index in [-0.39, 0.29) is 0 Å². The molecule has 0 fully saturated rings. The zero-order chi connectivity index (χ0) is 13.8. The summed E-state index contributed by atoms with van der Waals surface area (Å²) in [6.45, 7) is 3.81. The summed E-state index contributed by atoms with van der Waals surface area (Å²) in [5.41, 5.74) is 2.60. The first-order valence-electron chi connectivity index (χ1n) is 6.18. The van der Waals surface area contributed by atoms with Gasteiger partial charge in [0.2, 0.25) is 0 Å². The van der Waals surface area contributed by atoms with Crippen LogP contribution in [0.5, 0.6) is 5.75 Å². The summed E-state index contributed by atoms with van der Waals surface area (Å²) < 4.78 is 5.43. The Hall–Kier alpha value is -2.03. The van der Waals surface area contributed by atoms with Crippen LogP contribution in [0.1, 0.15) is 22.5 Å². The molecule has 0 spiro atoms. The van der Waals surface area contributed by atoms with Gasteiger partial charge in [-0.15, -0.1) is 0 Å². The number of ether oxygens (including phenoxy) is 1. The van der Waals surface area contributed by atoms with Crippen molar-refractivity contribution in [2.45, 2.75) is 19.7 Å². The third-order valence-corrected chi connectivity index (χ3v) is 3.02. The lowest BCUT2D eigenvalue weighted by Crippen LogP contribution is -2.19. The molecular formula is C16H15BO2. The molecule has 0 aromatic heterocycles. The molecule has 2 rings (SSSR count). The Morgan fingerprint density at radius 2 is 1.58 bits per heavy atom. The van der Waals surface area contributed by atoms with Crippen molar-refractivity contribution in [1.82, 2.24) is 0 Å². The molecule has 0 bridgehead atoms. The zero-order valence-electron chi connectivity index (χ0n) is 11.1. The molecule has 0 saturated heterocycles. The number of para-hydroxylation sites is 1. The number of esters is 1. The van der Waals surface area contributed by atoms with Crippen LogP contribution in [0.4, 0.5) is 0 Å². The van der Waals surface area contributed by atoms with Gasteiger partial charge in [-0.05, 0) is 30.5 Å². The summed E-state index contributed by atoms with van der Waals surface area (Å²) in [5, 5.41) is 0. The van der Waals surface area contributed by atoms with E-state index in [1.54, 1.807) is 0 Å². The molecule has 2 nitrogen and oxygen atoms in total. The van der Waals surface area contributed by atoms with Gasteiger partial charge in [-0.1, -0.05) is 48.5 Å². The molecular weight excluding hydrogens is 235 g/mol. The van der Waals surface area contributed by atoms with Gasteiger partial charge in [-0.25, -0.2) is 0 Å². The van der Waals surface area contributed by atoms with Gasteiger partial charge >= 0.3 is 5.97 Å². The average Bonchev–Trinajstić information content (AvgIpc) is 2.43. The Bertz CT molecular complexity index is 558. The fraction of sp³-hybridized carbons (Fsp3) is 0.188. The zero-order valence-corrected chi connectivity index (χ0v) is 11.1. The SMILES string of the molecule is [B]C(C(=O)Oc1c(C)cccc1C)c1ccccc1. The molecule has 1 unspecified atom stereocenters. The number of benzene rings is 2. The van der Waals surface area contributed by atoms with E-state index in [4.69, 9.17) is 12.6 Å². The Kier molecular flexibility index (Phi) is 4.05. The van der Waals surface area contributed by atoms with Crippen LogP contribution in [0.2, 0.25) is 0 Å². The second-order valence-electron chi connectivity index (χ2n) is 4.53. The fourth-order valence-corrected chi connectivity index (χ4v) is 1.92. The van der Waals surface area contributed by atoms with E-state index in [2.05, 4.69) is 0 Å². The number of rotatable bonds is 3. The molecule has 0 saturated carbocycles. The minimum atomic E-state index is -0.764. The topological polar surface area (TPSA) is 26.3 Å². The molecule has 2 aromatic carbocycles. The molecule has 1 atom stereocenters. The molecule has 0 aliphatic heterocycles. The van der Waals surface area contributed by atoms with Crippen molar-refractivity contribution < 1.29 is 9.53 Å². The van der Waals surface area contributed by atoms with E-state index >= 15 is 0 Å². The van der Waals surface area contributed by atoms with Crippen LogP contribution in [0.15, 0.2) is 48.5 Å². The van der Waals surface area contributed by atoms with Crippen molar-refractivity contribution in [3.05, 3.63) is 65.2 Å². The van der Waals surface area contributed by atoms with Crippen molar-refractivity contribution in [2.75, 3.05) is 0 Å². The summed E-state index contributed by atoms with van der Waals surface area (Å²) in [4.78, 5) is 12.1. The van der Waals surface area contributed by atoms with Crippen molar-refractivity contribution in [3.8, 4) is 5.75 Å². The van der Waals surface area contributed by atoms with Crippen molar-refractivity contribution in [3.63, 3.8) is 0 Å². The lowest BCUT2D eigenvalue weighted by molar-refractivity contribution is -0.134. The van der Waals surface area contributed by atoms with Crippen LogP contribution in [0, 0.1) is 13.8 Å². The molecule has 19 heavy (non-hydrogen) atoms. The summed E-state index contributed by atoms with van der Waals surface area (Å²) in [6.07, 6.45) is 0. The number of aryl methyl sites for hydroxylation is 2. The normalized spacial score (nSPS) is 11.9. The smallest absolute Gasteiger partial charge is 0.309 e. The van der Waals surface area contributed by atoms with Gasteiger partial charge < -0.3 is 4.74 Å². The van der Waals surface area contributed by atoms with E-state index in [9.17, 15) is 4.79 Å². The second kappa shape index (κ2) is 5.74. The second-order valence-corrected chi connectivity index (χ2v) is 4.53. The molecule has 0 aliphatic carbocycles. The summed E-state index contributed by atoms with van der Waals surface area (Å²) in [6, 6.07) is 15.0. The molecule has 94 valence electrons. The molecule has 0 N–H and O–H groups in total. The van der Waals surface area contributed by atoms with Gasteiger partial charge in [0.15, 0.2) is 0 Å². The summed E-state index contributed by atoms with van der Waals surface area (Å²) in [7, 11) is 5.91. The number of hydrogen-bond acceptors (Lipinski definition) is 2. The van der Waals surface area contributed by atoms with E-state index < -0.39 is 11.8 Å². The highest BCUT2D eigenvalue weighted by Crippen LogP contribution is 2.24. The van der Waals surface area contributed by atoms with E-state index in [0.717, 1.165) is 16.7 Å². The summed E-state index contributed by atoms with van der Waals surface area (Å²) >= 11 is 0. The Morgan fingerprint density at radius 1 is 1.00 bits per heavy atom. The van der Waals surface area contributed by atoms with Crippen molar-refractivity contribution >= 4 is 13.8 Å². The maximum absolute atomic E-state index is 12.1. The lowest BCUT2D eigenvalue weighted by atomic mass is 9.81. The van der Waals surface area contributed by atoms with Crippen LogP contribution in [0.25, 0.3) is 0 Å². The predicted molar refractivity (Wildman–Crippen MR) is 76.5 cm³/mol. The Labute approximate surface area is 114 Å². The maximum atomic E-state index is 12.1.